The minimum absolute atomic E-state index is 0.276. The maximum atomic E-state index is 6.42. The van der Waals surface area contributed by atoms with Gasteiger partial charge in [-0.1, -0.05) is 13.0 Å². The second kappa shape index (κ2) is 6.09. The first-order valence-corrected chi connectivity index (χ1v) is 14.6. The molecule has 3 aliphatic carbocycles. The molecular formula is C24H36O3Si. The van der Waals surface area contributed by atoms with Gasteiger partial charge in [-0.3, -0.25) is 0 Å². The Morgan fingerprint density at radius 3 is 2.61 bits per heavy atom. The van der Waals surface area contributed by atoms with Crippen LogP contribution in [-0.2, 0) is 15.9 Å². The van der Waals surface area contributed by atoms with Gasteiger partial charge in [0.15, 0.2) is 5.79 Å². The number of hydrogen-bond acceptors (Lipinski definition) is 3. The summed E-state index contributed by atoms with van der Waals surface area (Å²) in [6, 6.07) is 6.96. The monoisotopic (exact) mass is 400 g/mol. The smallest absolute Gasteiger partial charge is 0.242 e. The summed E-state index contributed by atoms with van der Waals surface area (Å²) in [5.41, 5.74) is 3.41. The Kier molecular flexibility index (Phi) is 4.16. The molecule has 3 nitrogen and oxygen atoms in total. The first kappa shape index (κ1) is 19.1. The van der Waals surface area contributed by atoms with Crippen molar-refractivity contribution in [2.24, 2.45) is 17.3 Å². The third kappa shape index (κ3) is 2.98. The van der Waals surface area contributed by atoms with Crippen LogP contribution in [0.3, 0.4) is 0 Å². The molecule has 2 saturated carbocycles. The lowest BCUT2D eigenvalue weighted by molar-refractivity contribution is -0.178. The van der Waals surface area contributed by atoms with E-state index in [-0.39, 0.29) is 17.6 Å². The van der Waals surface area contributed by atoms with Crippen molar-refractivity contribution in [1.82, 2.24) is 0 Å². The third-order valence-corrected chi connectivity index (χ3v) is 8.73. The van der Waals surface area contributed by atoms with Gasteiger partial charge in [-0.15, -0.1) is 0 Å². The van der Waals surface area contributed by atoms with Crippen LogP contribution in [0, 0.1) is 17.3 Å². The number of rotatable bonds is 2. The Hall–Kier alpha value is -0.843. The van der Waals surface area contributed by atoms with Crippen molar-refractivity contribution < 1.29 is 13.9 Å². The van der Waals surface area contributed by atoms with Gasteiger partial charge in [-0.2, -0.15) is 0 Å². The van der Waals surface area contributed by atoms with Crippen molar-refractivity contribution in [3.05, 3.63) is 29.3 Å². The van der Waals surface area contributed by atoms with Crippen LogP contribution in [0.15, 0.2) is 18.2 Å². The van der Waals surface area contributed by atoms with Gasteiger partial charge >= 0.3 is 0 Å². The van der Waals surface area contributed by atoms with E-state index < -0.39 is 14.1 Å². The number of hydrogen-bond donors (Lipinski definition) is 0. The molecule has 0 N–H and O–H groups in total. The highest BCUT2D eigenvalue weighted by atomic mass is 28.4. The Labute approximate surface area is 171 Å². The van der Waals surface area contributed by atoms with E-state index in [1.54, 1.807) is 5.56 Å². The van der Waals surface area contributed by atoms with Crippen LogP contribution in [0.1, 0.15) is 63.5 Å². The molecule has 1 aromatic carbocycles. The molecule has 0 unspecified atom stereocenters. The van der Waals surface area contributed by atoms with Gasteiger partial charge in [0.25, 0.3) is 0 Å². The lowest BCUT2D eigenvalue weighted by Gasteiger charge is -2.50. The van der Waals surface area contributed by atoms with Gasteiger partial charge in [0, 0.05) is 0 Å². The van der Waals surface area contributed by atoms with E-state index in [1.165, 1.54) is 37.7 Å². The molecule has 28 heavy (non-hydrogen) atoms. The molecule has 4 aliphatic rings. The van der Waals surface area contributed by atoms with Gasteiger partial charge in [0.1, 0.15) is 5.75 Å². The standard InChI is InChI=1S/C24H36O3Si/c1-23(2)25-21-14-20-19-9-7-15-13-16(27-28(4,5)6)8-10-17(15)18(19)11-12-24(20,3)22(21)26-23/h8,10,13,18-22H,7,9,11-12,14H2,1-6H3/t18-,19-,20+,21-,22-,24+/m1/s1. The number of benzene rings is 1. The van der Waals surface area contributed by atoms with E-state index in [2.05, 4.69) is 58.6 Å². The Bertz CT molecular complexity index is 783. The highest BCUT2D eigenvalue weighted by Gasteiger charge is 2.63. The predicted octanol–water partition coefficient (Wildman–Crippen LogP) is 5.89. The van der Waals surface area contributed by atoms with Gasteiger partial charge in [-0.25, -0.2) is 0 Å². The van der Waals surface area contributed by atoms with Crippen molar-refractivity contribution in [2.75, 3.05) is 0 Å². The van der Waals surface area contributed by atoms with E-state index in [0.717, 1.165) is 17.6 Å². The topological polar surface area (TPSA) is 27.7 Å². The Morgan fingerprint density at radius 1 is 1.07 bits per heavy atom. The summed E-state index contributed by atoms with van der Waals surface area (Å²) in [5.74, 6) is 2.87. The zero-order valence-electron chi connectivity index (χ0n) is 18.4. The van der Waals surface area contributed by atoms with Crippen LogP contribution >= 0.6 is 0 Å². The molecule has 4 heteroatoms. The SMILES string of the molecule is CC1(C)O[C@@H]2[C@@H](C[C@H]3[C@@H]4CCc5cc(O[Si](C)(C)C)ccc5[C@H]4CC[C@]23C)O1. The second-order valence-electron chi connectivity index (χ2n) is 11.4. The molecule has 3 fully saturated rings. The normalized spacial score (nSPS) is 41.0. The summed E-state index contributed by atoms with van der Waals surface area (Å²) in [6.45, 7) is 13.4. The third-order valence-electron chi connectivity index (χ3n) is 7.88. The van der Waals surface area contributed by atoms with Crippen LogP contribution in [0.4, 0.5) is 0 Å². The summed E-state index contributed by atoms with van der Waals surface area (Å²) in [6.07, 6.45) is 6.78. The number of fused-ring (bicyclic) bond motifs is 7. The molecule has 0 radical (unpaired) electrons. The zero-order valence-corrected chi connectivity index (χ0v) is 19.4. The molecule has 0 spiro atoms. The van der Waals surface area contributed by atoms with E-state index in [0.29, 0.717) is 5.92 Å². The molecule has 1 aliphatic heterocycles. The number of ether oxygens (including phenoxy) is 2. The highest BCUT2D eigenvalue weighted by Crippen LogP contribution is 2.64. The van der Waals surface area contributed by atoms with Crippen molar-refractivity contribution in [3.8, 4) is 5.75 Å². The first-order valence-electron chi connectivity index (χ1n) is 11.2. The van der Waals surface area contributed by atoms with E-state index in [4.69, 9.17) is 13.9 Å². The molecule has 5 rings (SSSR count). The van der Waals surface area contributed by atoms with Crippen LogP contribution in [-0.4, -0.2) is 26.3 Å². The summed E-state index contributed by atoms with van der Waals surface area (Å²) >= 11 is 0. The number of aryl methyl sites for hydroxylation is 1. The maximum Gasteiger partial charge on any atom is 0.242 e. The van der Waals surface area contributed by atoms with E-state index in [9.17, 15) is 0 Å². The zero-order chi connectivity index (χ0) is 19.9. The molecule has 1 aromatic rings. The Balaban J connectivity index is 1.40. The molecule has 0 bridgehead atoms. The molecule has 0 amide bonds. The van der Waals surface area contributed by atoms with E-state index >= 15 is 0 Å². The first-order chi connectivity index (χ1) is 13.1. The van der Waals surface area contributed by atoms with Crippen LogP contribution in [0.25, 0.3) is 0 Å². The fraction of sp³-hybridized carbons (Fsp3) is 0.750. The summed E-state index contributed by atoms with van der Waals surface area (Å²) in [4.78, 5) is 0. The van der Waals surface area contributed by atoms with Crippen molar-refractivity contribution in [1.29, 1.82) is 0 Å². The quantitative estimate of drug-likeness (QED) is 0.580. The van der Waals surface area contributed by atoms with E-state index in [1.807, 2.05) is 0 Å². The molecule has 154 valence electrons. The van der Waals surface area contributed by atoms with Crippen LogP contribution < -0.4 is 4.43 Å². The van der Waals surface area contributed by atoms with Gasteiger partial charge in [0.2, 0.25) is 8.32 Å². The molecule has 6 atom stereocenters. The van der Waals surface area contributed by atoms with Gasteiger partial charge in [0.05, 0.1) is 12.2 Å². The second-order valence-corrected chi connectivity index (χ2v) is 15.8. The van der Waals surface area contributed by atoms with Gasteiger partial charge < -0.3 is 13.9 Å². The van der Waals surface area contributed by atoms with Gasteiger partial charge in [-0.05, 0) is 112 Å². The fourth-order valence-electron chi connectivity index (χ4n) is 6.94. The highest BCUT2D eigenvalue weighted by molar-refractivity contribution is 6.70. The molecule has 0 aromatic heterocycles. The molecule has 1 saturated heterocycles. The minimum atomic E-state index is -1.56. The predicted molar refractivity (Wildman–Crippen MR) is 114 cm³/mol. The minimum Gasteiger partial charge on any atom is -0.544 e. The summed E-state index contributed by atoms with van der Waals surface area (Å²) < 4.78 is 19.0. The van der Waals surface area contributed by atoms with Crippen LogP contribution in [0.2, 0.25) is 19.6 Å². The van der Waals surface area contributed by atoms with Crippen LogP contribution in [0.5, 0.6) is 5.75 Å². The summed E-state index contributed by atoms with van der Waals surface area (Å²) in [7, 11) is -1.56. The largest absolute Gasteiger partial charge is 0.544 e. The summed E-state index contributed by atoms with van der Waals surface area (Å²) in [5, 5.41) is 0. The lowest BCUT2D eigenvalue weighted by Crippen LogP contribution is -2.45. The van der Waals surface area contributed by atoms with Crippen molar-refractivity contribution in [3.63, 3.8) is 0 Å². The average Bonchev–Trinajstić information content (AvgIpc) is 3.03. The van der Waals surface area contributed by atoms with Crippen molar-refractivity contribution in [2.45, 2.75) is 96.4 Å². The molecular weight excluding hydrogens is 364 g/mol. The average molecular weight is 401 g/mol. The molecule has 1 heterocycles. The fourth-order valence-corrected chi connectivity index (χ4v) is 7.77. The Morgan fingerprint density at radius 2 is 1.86 bits per heavy atom. The lowest BCUT2D eigenvalue weighted by atomic mass is 9.55. The maximum absolute atomic E-state index is 6.42. The van der Waals surface area contributed by atoms with Crippen molar-refractivity contribution >= 4 is 8.32 Å².